The summed E-state index contributed by atoms with van der Waals surface area (Å²) in [6, 6.07) is 8.25. The molecular weight excluding hydrogens is 371 g/mol. The van der Waals surface area contributed by atoms with Crippen LogP contribution in [0.4, 0.5) is 21.7 Å². The predicted octanol–water partition coefficient (Wildman–Crippen LogP) is 2.87. The van der Waals surface area contributed by atoms with Crippen LogP contribution in [0.2, 0.25) is 0 Å². The van der Waals surface area contributed by atoms with Gasteiger partial charge in [-0.25, -0.2) is 9.37 Å². The fourth-order valence-electron chi connectivity index (χ4n) is 3.93. The summed E-state index contributed by atoms with van der Waals surface area (Å²) >= 11 is 0. The second kappa shape index (κ2) is 7.61. The Morgan fingerprint density at radius 2 is 2.14 bits per heavy atom. The van der Waals surface area contributed by atoms with E-state index in [1.165, 1.54) is 12.1 Å². The average molecular weight is 396 g/mol. The summed E-state index contributed by atoms with van der Waals surface area (Å²) in [6.45, 7) is 2.19. The van der Waals surface area contributed by atoms with Gasteiger partial charge < -0.3 is 21.1 Å². The molecule has 2 atom stereocenters. The molecule has 2 fully saturated rings. The lowest BCUT2D eigenvalue weighted by Gasteiger charge is -2.28. The number of aliphatic hydroxyl groups is 1. The Balaban J connectivity index is 1.46. The Morgan fingerprint density at radius 3 is 2.93 bits per heavy atom. The van der Waals surface area contributed by atoms with Gasteiger partial charge in [-0.05, 0) is 49.9 Å². The number of benzene rings is 1. The van der Waals surface area contributed by atoms with Crippen LogP contribution in [0.25, 0.3) is 5.65 Å². The maximum absolute atomic E-state index is 13.6. The number of hydrogen-bond acceptors (Lipinski definition) is 6. The predicted molar refractivity (Wildman–Crippen MR) is 110 cm³/mol. The highest BCUT2D eigenvalue weighted by atomic mass is 19.1. The number of nitrogens with zero attached hydrogens (tertiary/aromatic N) is 3. The maximum Gasteiger partial charge on any atom is 0.163 e. The fraction of sp³-hybridized carbons (Fsp3) is 0.429. The Bertz CT molecular complexity index is 1020. The van der Waals surface area contributed by atoms with Gasteiger partial charge in [-0.15, -0.1) is 0 Å². The van der Waals surface area contributed by atoms with Crippen LogP contribution in [0.3, 0.4) is 0 Å². The highest BCUT2D eigenvalue weighted by Crippen LogP contribution is 2.42. The third kappa shape index (κ3) is 3.90. The summed E-state index contributed by atoms with van der Waals surface area (Å²) in [6.07, 6.45) is 4.77. The van der Waals surface area contributed by atoms with Gasteiger partial charge in [-0.1, -0.05) is 6.07 Å². The van der Waals surface area contributed by atoms with Gasteiger partial charge in [-0.3, -0.25) is 0 Å². The van der Waals surface area contributed by atoms with E-state index in [0.717, 1.165) is 48.7 Å². The molecule has 1 saturated carbocycles. The van der Waals surface area contributed by atoms with E-state index in [-0.39, 0.29) is 17.8 Å². The van der Waals surface area contributed by atoms with E-state index in [1.54, 1.807) is 10.6 Å². The van der Waals surface area contributed by atoms with Gasteiger partial charge in [-0.2, -0.15) is 9.61 Å². The van der Waals surface area contributed by atoms with Crippen LogP contribution in [0.15, 0.2) is 36.5 Å². The molecule has 7 nitrogen and oxygen atoms in total. The van der Waals surface area contributed by atoms with E-state index in [4.69, 9.17) is 4.98 Å². The highest BCUT2D eigenvalue weighted by Gasteiger charge is 2.28. The molecule has 3 heterocycles. The van der Waals surface area contributed by atoms with Crippen molar-refractivity contribution in [3.63, 3.8) is 0 Å². The van der Waals surface area contributed by atoms with Crippen LogP contribution in [-0.2, 0) is 0 Å². The van der Waals surface area contributed by atoms with Gasteiger partial charge in [0.05, 0.1) is 12.3 Å². The number of piperidine rings is 1. The van der Waals surface area contributed by atoms with E-state index in [0.29, 0.717) is 24.7 Å². The first-order chi connectivity index (χ1) is 14.2. The molecule has 152 valence electrons. The second-order valence-corrected chi connectivity index (χ2v) is 7.97. The molecule has 1 aliphatic heterocycles. The molecule has 1 saturated heterocycles. The molecule has 29 heavy (non-hydrogen) atoms. The summed E-state index contributed by atoms with van der Waals surface area (Å²) in [5, 5.41) is 24.6. The number of hydrogen-bond donors (Lipinski definition) is 4. The molecule has 3 aromatic rings. The SMILES string of the molecule is O[C@@H]1CNCC[C@H]1CNc1cc(Nc2cccc(F)c2)n2ncc(C3CC3)c2n1. The van der Waals surface area contributed by atoms with Crippen molar-refractivity contribution in [1.29, 1.82) is 0 Å². The Morgan fingerprint density at radius 1 is 1.24 bits per heavy atom. The van der Waals surface area contributed by atoms with Crippen molar-refractivity contribution in [2.75, 3.05) is 30.3 Å². The Hall–Kier alpha value is -2.71. The third-order valence-electron chi connectivity index (χ3n) is 5.75. The fourth-order valence-corrected chi connectivity index (χ4v) is 3.93. The van der Waals surface area contributed by atoms with Gasteiger partial charge in [0, 0.05) is 36.3 Å². The zero-order valence-corrected chi connectivity index (χ0v) is 16.1. The van der Waals surface area contributed by atoms with Crippen molar-refractivity contribution in [2.45, 2.75) is 31.3 Å². The minimum atomic E-state index is -0.359. The number of nitrogens with one attached hydrogen (secondary N) is 3. The number of halogens is 1. The molecule has 4 N–H and O–H groups in total. The van der Waals surface area contributed by atoms with Crippen molar-refractivity contribution in [1.82, 2.24) is 19.9 Å². The number of aliphatic hydroxyl groups excluding tert-OH is 1. The lowest BCUT2D eigenvalue weighted by atomic mass is 9.95. The summed E-state index contributed by atoms with van der Waals surface area (Å²) in [7, 11) is 0. The maximum atomic E-state index is 13.6. The molecule has 1 aliphatic carbocycles. The molecule has 0 bridgehead atoms. The largest absolute Gasteiger partial charge is 0.391 e. The summed E-state index contributed by atoms with van der Waals surface area (Å²) in [5.41, 5.74) is 2.63. The monoisotopic (exact) mass is 396 g/mol. The van der Waals surface area contributed by atoms with Gasteiger partial charge in [0.15, 0.2) is 5.65 Å². The van der Waals surface area contributed by atoms with Gasteiger partial charge in [0.2, 0.25) is 0 Å². The van der Waals surface area contributed by atoms with Gasteiger partial charge in [0.1, 0.15) is 17.5 Å². The molecule has 8 heteroatoms. The first-order valence-corrected chi connectivity index (χ1v) is 10.2. The Kier molecular flexibility index (Phi) is 4.81. The van der Waals surface area contributed by atoms with Crippen molar-refractivity contribution in [3.05, 3.63) is 47.9 Å². The molecule has 0 radical (unpaired) electrons. The van der Waals surface area contributed by atoms with Crippen molar-refractivity contribution in [3.8, 4) is 0 Å². The molecular formula is C21H25FN6O. The van der Waals surface area contributed by atoms with Crippen LogP contribution < -0.4 is 16.0 Å². The third-order valence-corrected chi connectivity index (χ3v) is 5.75. The van der Waals surface area contributed by atoms with Crippen molar-refractivity contribution in [2.24, 2.45) is 5.92 Å². The Labute approximate surface area is 168 Å². The van der Waals surface area contributed by atoms with Crippen LogP contribution in [0.5, 0.6) is 0 Å². The summed E-state index contributed by atoms with van der Waals surface area (Å²) in [4.78, 5) is 4.80. The van der Waals surface area contributed by atoms with E-state index in [9.17, 15) is 9.50 Å². The molecule has 5 rings (SSSR count). The lowest BCUT2D eigenvalue weighted by Crippen LogP contribution is -2.43. The molecule has 0 amide bonds. The second-order valence-electron chi connectivity index (χ2n) is 7.97. The topological polar surface area (TPSA) is 86.5 Å². The van der Waals surface area contributed by atoms with Gasteiger partial charge >= 0.3 is 0 Å². The molecule has 0 spiro atoms. The van der Waals surface area contributed by atoms with Crippen LogP contribution in [0.1, 0.15) is 30.7 Å². The smallest absolute Gasteiger partial charge is 0.163 e. The van der Waals surface area contributed by atoms with E-state index >= 15 is 0 Å². The van der Waals surface area contributed by atoms with Crippen LogP contribution >= 0.6 is 0 Å². The number of rotatable bonds is 6. The lowest BCUT2D eigenvalue weighted by molar-refractivity contribution is 0.0883. The number of β-amino-alcohol motifs (C(OH)–C–C–N with tert-alkyl or cyclic N) is 1. The highest BCUT2D eigenvalue weighted by molar-refractivity contribution is 5.66. The van der Waals surface area contributed by atoms with Crippen LogP contribution in [0, 0.1) is 11.7 Å². The molecule has 2 aromatic heterocycles. The number of fused-ring (bicyclic) bond motifs is 1. The van der Waals surface area contributed by atoms with E-state index in [1.807, 2.05) is 18.3 Å². The van der Waals surface area contributed by atoms with Crippen molar-refractivity contribution >= 4 is 23.0 Å². The normalized spacial score (nSPS) is 22.0. The first-order valence-electron chi connectivity index (χ1n) is 10.2. The van der Waals surface area contributed by atoms with E-state index < -0.39 is 0 Å². The zero-order chi connectivity index (χ0) is 19.8. The summed E-state index contributed by atoms with van der Waals surface area (Å²) < 4.78 is 15.4. The first kappa shape index (κ1) is 18.3. The minimum Gasteiger partial charge on any atom is -0.391 e. The zero-order valence-electron chi connectivity index (χ0n) is 16.1. The van der Waals surface area contributed by atoms with Crippen LogP contribution in [-0.4, -0.2) is 45.4 Å². The standard InChI is InChI=1S/C21H25FN6O/c22-15-2-1-3-16(8-15)26-20-9-19(24-10-14-6-7-23-12-18(14)29)27-21-17(13-4-5-13)11-25-28(20)21/h1-3,8-9,11,13-14,18,23,26,29H,4-7,10,12H2,(H,24,27)/t14-,18+/m0/s1. The minimum absolute atomic E-state index is 0.182. The quantitative estimate of drug-likeness (QED) is 0.513. The van der Waals surface area contributed by atoms with E-state index in [2.05, 4.69) is 21.0 Å². The number of aromatic nitrogens is 3. The molecule has 0 unspecified atom stereocenters. The molecule has 1 aromatic carbocycles. The van der Waals surface area contributed by atoms with Crippen molar-refractivity contribution < 1.29 is 9.50 Å². The number of anilines is 3. The van der Waals surface area contributed by atoms with Gasteiger partial charge in [0.25, 0.3) is 0 Å². The average Bonchev–Trinajstić information content (AvgIpc) is 3.46. The molecule has 2 aliphatic rings. The summed E-state index contributed by atoms with van der Waals surface area (Å²) in [5.74, 6) is 1.85.